The van der Waals surface area contributed by atoms with Gasteiger partial charge in [0.05, 0.1) is 0 Å². The first-order valence-corrected chi connectivity index (χ1v) is 10.1. The summed E-state index contributed by atoms with van der Waals surface area (Å²) in [6, 6.07) is 16.6. The summed E-state index contributed by atoms with van der Waals surface area (Å²) in [5.41, 5.74) is 1.75. The zero-order valence-corrected chi connectivity index (χ0v) is 17.7. The molecule has 0 aromatic heterocycles. The smallest absolute Gasteiger partial charge is 0.408 e. The molecule has 2 aromatic carbocycles. The zero-order valence-electron chi connectivity index (χ0n) is 17.7. The summed E-state index contributed by atoms with van der Waals surface area (Å²) in [6.07, 6.45) is 2.86. The Hall–Kier alpha value is -3.61. The Morgan fingerprint density at radius 3 is 2.16 bits per heavy atom. The van der Waals surface area contributed by atoms with Gasteiger partial charge in [0.15, 0.2) is 0 Å². The number of carbonyl (C=O) groups is 3. The summed E-state index contributed by atoms with van der Waals surface area (Å²) < 4.78 is 5.17. The number of rotatable bonds is 10. The van der Waals surface area contributed by atoms with Crippen LogP contribution in [0.5, 0.6) is 0 Å². The van der Waals surface area contributed by atoms with Crippen molar-refractivity contribution in [3.8, 4) is 0 Å². The lowest BCUT2D eigenvalue weighted by Crippen LogP contribution is -2.53. The second-order valence-corrected chi connectivity index (χ2v) is 7.38. The van der Waals surface area contributed by atoms with E-state index in [-0.39, 0.29) is 18.9 Å². The van der Waals surface area contributed by atoms with Crippen molar-refractivity contribution >= 4 is 24.0 Å². The molecule has 0 saturated heterocycles. The summed E-state index contributed by atoms with van der Waals surface area (Å²) in [6.45, 7) is 3.58. The van der Waals surface area contributed by atoms with Gasteiger partial charge in [-0.3, -0.25) is 4.79 Å². The van der Waals surface area contributed by atoms with Gasteiger partial charge in [0.1, 0.15) is 18.7 Å². The van der Waals surface area contributed by atoms with Crippen molar-refractivity contribution in [2.24, 2.45) is 5.92 Å². The van der Waals surface area contributed by atoms with E-state index in [1.165, 1.54) is 0 Å². The van der Waals surface area contributed by atoms with Crippen LogP contribution < -0.4 is 10.6 Å². The highest BCUT2D eigenvalue weighted by atomic mass is 16.5. The van der Waals surface area contributed by atoms with Crippen LogP contribution >= 0.6 is 0 Å². The first-order valence-electron chi connectivity index (χ1n) is 10.1. The third-order valence-corrected chi connectivity index (χ3v) is 4.53. The number of carboxylic acid groups (broad SMARTS) is 1. The fourth-order valence-electron chi connectivity index (χ4n) is 2.81. The Balaban J connectivity index is 1.92. The molecule has 2 atom stereocenters. The number of hydrogen-bond donors (Lipinski definition) is 3. The van der Waals surface area contributed by atoms with Gasteiger partial charge in [0.2, 0.25) is 5.91 Å². The van der Waals surface area contributed by atoms with Crippen molar-refractivity contribution in [1.29, 1.82) is 0 Å². The number of benzene rings is 2. The molecule has 2 rings (SSSR count). The minimum Gasteiger partial charge on any atom is -0.480 e. The van der Waals surface area contributed by atoms with Gasteiger partial charge in [0, 0.05) is 0 Å². The van der Waals surface area contributed by atoms with Crippen LogP contribution in [0.4, 0.5) is 4.79 Å². The molecule has 0 radical (unpaired) electrons. The van der Waals surface area contributed by atoms with E-state index in [1.54, 1.807) is 26.0 Å². The SMILES string of the molecule is CC(C)[C@@H](NC(=O)OCc1ccccc1)C(=O)N[C@@H](C/C=C/c1ccccc1)C(=O)O. The number of nitrogens with one attached hydrogen (secondary N) is 2. The molecule has 0 aliphatic carbocycles. The van der Waals surface area contributed by atoms with E-state index in [4.69, 9.17) is 4.74 Å². The molecular weight excluding hydrogens is 396 g/mol. The number of carboxylic acids is 1. The molecule has 0 fully saturated rings. The van der Waals surface area contributed by atoms with Crippen LogP contribution in [0.15, 0.2) is 66.7 Å². The van der Waals surface area contributed by atoms with Crippen molar-refractivity contribution in [2.75, 3.05) is 0 Å². The summed E-state index contributed by atoms with van der Waals surface area (Å²) in [4.78, 5) is 36.4. The van der Waals surface area contributed by atoms with E-state index < -0.39 is 30.1 Å². The molecule has 31 heavy (non-hydrogen) atoms. The molecule has 3 N–H and O–H groups in total. The molecule has 2 aromatic rings. The van der Waals surface area contributed by atoms with Crippen LogP contribution in [-0.2, 0) is 20.9 Å². The summed E-state index contributed by atoms with van der Waals surface area (Å²) in [5, 5.41) is 14.5. The van der Waals surface area contributed by atoms with E-state index in [0.29, 0.717) is 0 Å². The molecule has 0 aliphatic heterocycles. The molecular formula is C24H28N2O5. The molecule has 0 heterocycles. The predicted molar refractivity (Wildman–Crippen MR) is 118 cm³/mol. The molecule has 164 valence electrons. The topological polar surface area (TPSA) is 105 Å². The van der Waals surface area contributed by atoms with E-state index in [1.807, 2.05) is 60.7 Å². The molecule has 0 bridgehead atoms. The van der Waals surface area contributed by atoms with Crippen LogP contribution in [0.2, 0.25) is 0 Å². The number of amides is 2. The lowest BCUT2D eigenvalue weighted by Gasteiger charge is -2.23. The van der Waals surface area contributed by atoms with Crippen molar-refractivity contribution in [2.45, 2.75) is 39.0 Å². The van der Waals surface area contributed by atoms with Gasteiger partial charge in [-0.05, 0) is 23.5 Å². The zero-order chi connectivity index (χ0) is 22.6. The summed E-state index contributed by atoms with van der Waals surface area (Å²) in [7, 11) is 0. The molecule has 7 heteroatoms. The Kier molecular flexibility index (Phi) is 9.29. The van der Waals surface area contributed by atoms with E-state index >= 15 is 0 Å². The van der Waals surface area contributed by atoms with Gasteiger partial charge < -0.3 is 20.5 Å². The van der Waals surface area contributed by atoms with Crippen LogP contribution in [0.1, 0.15) is 31.4 Å². The van der Waals surface area contributed by atoms with Crippen LogP contribution in [0.3, 0.4) is 0 Å². The largest absolute Gasteiger partial charge is 0.480 e. The third kappa shape index (κ3) is 8.34. The molecule has 0 unspecified atom stereocenters. The molecule has 0 saturated carbocycles. The predicted octanol–water partition coefficient (Wildman–Crippen LogP) is 3.61. The van der Waals surface area contributed by atoms with Crippen molar-refractivity contribution in [3.63, 3.8) is 0 Å². The van der Waals surface area contributed by atoms with Crippen LogP contribution in [0.25, 0.3) is 6.08 Å². The second-order valence-electron chi connectivity index (χ2n) is 7.38. The lowest BCUT2D eigenvalue weighted by molar-refractivity contribution is -0.142. The third-order valence-electron chi connectivity index (χ3n) is 4.53. The average molecular weight is 424 g/mol. The molecule has 0 spiro atoms. The number of carbonyl (C=O) groups excluding carboxylic acids is 2. The minimum atomic E-state index is -1.15. The van der Waals surface area contributed by atoms with E-state index in [9.17, 15) is 19.5 Å². The Bertz CT molecular complexity index is 881. The highest BCUT2D eigenvalue weighted by Crippen LogP contribution is 2.07. The Labute approximate surface area is 182 Å². The normalized spacial score (nSPS) is 12.9. The van der Waals surface area contributed by atoms with Crippen molar-refractivity contribution in [1.82, 2.24) is 10.6 Å². The lowest BCUT2D eigenvalue weighted by atomic mass is 10.0. The Morgan fingerprint density at radius 2 is 1.58 bits per heavy atom. The van der Waals surface area contributed by atoms with Gasteiger partial charge in [-0.2, -0.15) is 0 Å². The van der Waals surface area contributed by atoms with E-state index in [2.05, 4.69) is 10.6 Å². The first-order chi connectivity index (χ1) is 14.9. The standard InChI is InChI=1S/C24H28N2O5/c1-17(2)21(26-24(30)31-16-19-12-7-4-8-13-19)22(27)25-20(23(28)29)15-9-14-18-10-5-3-6-11-18/h3-14,17,20-21H,15-16H2,1-2H3,(H,25,27)(H,26,30)(H,28,29)/b14-9+/t20-,21+/m0/s1. The number of ether oxygens (including phenoxy) is 1. The molecule has 7 nitrogen and oxygen atoms in total. The van der Waals surface area contributed by atoms with Gasteiger partial charge in [-0.25, -0.2) is 9.59 Å². The number of alkyl carbamates (subject to hydrolysis) is 1. The highest BCUT2D eigenvalue weighted by molar-refractivity contribution is 5.89. The average Bonchev–Trinajstić information content (AvgIpc) is 2.76. The van der Waals surface area contributed by atoms with Gasteiger partial charge in [-0.15, -0.1) is 0 Å². The summed E-state index contributed by atoms with van der Waals surface area (Å²) in [5.74, 6) is -1.99. The number of hydrogen-bond acceptors (Lipinski definition) is 4. The highest BCUT2D eigenvalue weighted by Gasteiger charge is 2.28. The summed E-state index contributed by atoms with van der Waals surface area (Å²) >= 11 is 0. The first kappa shape index (κ1) is 23.7. The maximum absolute atomic E-state index is 12.7. The number of aliphatic carboxylic acids is 1. The maximum Gasteiger partial charge on any atom is 0.408 e. The molecule has 0 aliphatic rings. The monoisotopic (exact) mass is 424 g/mol. The Morgan fingerprint density at radius 1 is 0.968 bits per heavy atom. The maximum atomic E-state index is 12.7. The van der Waals surface area contributed by atoms with Gasteiger partial charge in [-0.1, -0.05) is 86.7 Å². The fourth-order valence-corrected chi connectivity index (χ4v) is 2.81. The van der Waals surface area contributed by atoms with Crippen LogP contribution in [-0.4, -0.2) is 35.2 Å². The van der Waals surface area contributed by atoms with Gasteiger partial charge in [0.25, 0.3) is 0 Å². The molecule has 2 amide bonds. The fraction of sp³-hybridized carbons (Fsp3) is 0.292. The van der Waals surface area contributed by atoms with Crippen LogP contribution in [0, 0.1) is 5.92 Å². The van der Waals surface area contributed by atoms with E-state index in [0.717, 1.165) is 11.1 Å². The van der Waals surface area contributed by atoms with Crippen molar-refractivity contribution < 1.29 is 24.2 Å². The second kappa shape index (κ2) is 12.2. The minimum absolute atomic E-state index is 0.0706. The van der Waals surface area contributed by atoms with Gasteiger partial charge >= 0.3 is 12.1 Å². The van der Waals surface area contributed by atoms with Crippen molar-refractivity contribution in [3.05, 3.63) is 77.9 Å². The quantitative estimate of drug-likeness (QED) is 0.540.